The van der Waals surface area contributed by atoms with E-state index >= 15 is 0 Å². The fourth-order valence-electron chi connectivity index (χ4n) is 2.08. The van der Waals surface area contributed by atoms with Crippen LogP contribution in [0.15, 0.2) is 48.5 Å². The Morgan fingerprint density at radius 2 is 1.57 bits per heavy atom. The first kappa shape index (κ1) is 15.4. The summed E-state index contributed by atoms with van der Waals surface area (Å²) in [5.41, 5.74) is 3.14. The fourth-order valence-corrected chi connectivity index (χ4v) is 3.55. The average Bonchev–Trinajstić information content (AvgIpc) is 2.41. The standard InChI is InChI=1S/C17H18O3S/c1-13-7-9-15(10-8-13)17(18)12-21(19,20)11-16-6-4-3-5-14(16)2/h3-10H,11-12H2,1-2H3. The zero-order valence-corrected chi connectivity index (χ0v) is 13.0. The smallest absolute Gasteiger partial charge is 0.177 e. The minimum Gasteiger partial charge on any atom is -0.293 e. The number of aryl methyl sites for hydroxylation is 2. The Kier molecular flexibility index (Phi) is 4.58. The van der Waals surface area contributed by atoms with Crippen molar-refractivity contribution in [1.29, 1.82) is 0 Å². The van der Waals surface area contributed by atoms with Gasteiger partial charge in [-0.05, 0) is 25.0 Å². The van der Waals surface area contributed by atoms with Crippen LogP contribution in [0.5, 0.6) is 0 Å². The van der Waals surface area contributed by atoms with Gasteiger partial charge in [0.25, 0.3) is 0 Å². The second-order valence-electron chi connectivity index (χ2n) is 5.25. The molecule has 0 atom stereocenters. The van der Waals surface area contributed by atoms with E-state index < -0.39 is 15.6 Å². The van der Waals surface area contributed by atoms with Crippen molar-refractivity contribution in [3.63, 3.8) is 0 Å². The van der Waals surface area contributed by atoms with Gasteiger partial charge in [-0.3, -0.25) is 4.79 Å². The molecule has 2 aromatic rings. The van der Waals surface area contributed by atoms with Crippen LogP contribution in [-0.4, -0.2) is 20.0 Å². The first-order valence-corrected chi connectivity index (χ1v) is 8.54. The summed E-state index contributed by atoms with van der Waals surface area (Å²) >= 11 is 0. The van der Waals surface area contributed by atoms with Crippen LogP contribution in [0.25, 0.3) is 0 Å². The van der Waals surface area contributed by atoms with Crippen molar-refractivity contribution in [2.24, 2.45) is 0 Å². The van der Waals surface area contributed by atoms with E-state index in [1.54, 1.807) is 36.4 Å². The van der Waals surface area contributed by atoms with Crippen molar-refractivity contribution in [3.05, 3.63) is 70.8 Å². The summed E-state index contributed by atoms with van der Waals surface area (Å²) in [6.07, 6.45) is 0. The summed E-state index contributed by atoms with van der Waals surface area (Å²) in [7, 11) is -3.46. The number of benzene rings is 2. The van der Waals surface area contributed by atoms with Crippen molar-refractivity contribution in [2.75, 3.05) is 5.75 Å². The number of sulfone groups is 1. The summed E-state index contributed by atoms with van der Waals surface area (Å²) in [5, 5.41) is 0. The van der Waals surface area contributed by atoms with Crippen LogP contribution in [0.3, 0.4) is 0 Å². The molecule has 0 fully saturated rings. The second kappa shape index (κ2) is 6.22. The van der Waals surface area contributed by atoms with E-state index in [4.69, 9.17) is 0 Å². The number of carbonyl (C=O) groups excluding carboxylic acids is 1. The van der Waals surface area contributed by atoms with Crippen molar-refractivity contribution in [1.82, 2.24) is 0 Å². The molecule has 0 amide bonds. The van der Waals surface area contributed by atoms with E-state index in [1.165, 1.54) is 0 Å². The van der Waals surface area contributed by atoms with Gasteiger partial charge in [0.05, 0.1) is 5.75 Å². The van der Waals surface area contributed by atoms with Gasteiger partial charge in [-0.2, -0.15) is 0 Å². The maximum Gasteiger partial charge on any atom is 0.177 e. The van der Waals surface area contributed by atoms with Crippen molar-refractivity contribution in [2.45, 2.75) is 19.6 Å². The average molecular weight is 302 g/mol. The first-order chi connectivity index (χ1) is 9.87. The Hall–Kier alpha value is -1.94. The molecular formula is C17H18O3S. The summed E-state index contributed by atoms with van der Waals surface area (Å²) in [6, 6.07) is 14.3. The van der Waals surface area contributed by atoms with Gasteiger partial charge in [0.2, 0.25) is 0 Å². The lowest BCUT2D eigenvalue weighted by Crippen LogP contribution is -2.18. The zero-order chi connectivity index (χ0) is 15.5. The number of hydrogen-bond donors (Lipinski definition) is 0. The number of Topliss-reactive ketones (excluding diaryl/α,β-unsaturated/α-hetero) is 1. The van der Waals surface area contributed by atoms with Gasteiger partial charge < -0.3 is 0 Å². The molecule has 0 aliphatic heterocycles. The predicted octanol–water partition coefficient (Wildman–Crippen LogP) is 3.10. The summed E-state index contributed by atoms with van der Waals surface area (Å²) in [4.78, 5) is 12.1. The molecule has 3 nitrogen and oxygen atoms in total. The molecule has 0 bridgehead atoms. The van der Waals surface area contributed by atoms with Gasteiger partial charge in [0.1, 0.15) is 5.75 Å². The molecule has 0 unspecified atom stereocenters. The fraction of sp³-hybridized carbons (Fsp3) is 0.235. The molecule has 21 heavy (non-hydrogen) atoms. The van der Waals surface area contributed by atoms with Gasteiger partial charge in [-0.25, -0.2) is 8.42 Å². The normalized spacial score (nSPS) is 11.3. The monoisotopic (exact) mass is 302 g/mol. The van der Waals surface area contributed by atoms with E-state index in [9.17, 15) is 13.2 Å². The van der Waals surface area contributed by atoms with E-state index in [-0.39, 0.29) is 11.5 Å². The number of rotatable bonds is 5. The van der Waals surface area contributed by atoms with Crippen LogP contribution in [-0.2, 0) is 15.6 Å². The molecule has 110 valence electrons. The maximum absolute atomic E-state index is 12.2. The quantitative estimate of drug-likeness (QED) is 0.797. The zero-order valence-electron chi connectivity index (χ0n) is 12.2. The Bertz CT molecular complexity index is 744. The Morgan fingerprint density at radius 3 is 2.19 bits per heavy atom. The van der Waals surface area contributed by atoms with Crippen molar-refractivity contribution in [3.8, 4) is 0 Å². The predicted molar refractivity (Wildman–Crippen MR) is 84.2 cm³/mol. The maximum atomic E-state index is 12.2. The number of ketones is 1. The summed E-state index contributed by atoms with van der Waals surface area (Å²) < 4.78 is 24.4. The SMILES string of the molecule is Cc1ccc(C(=O)CS(=O)(=O)Cc2ccccc2C)cc1. The Balaban J connectivity index is 2.12. The van der Waals surface area contributed by atoms with E-state index in [0.717, 1.165) is 16.7 Å². The molecule has 0 aliphatic rings. The molecule has 4 heteroatoms. The molecular weight excluding hydrogens is 284 g/mol. The van der Waals surface area contributed by atoms with Crippen LogP contribution < -0.4 is 0 Å². The summed E-state index contributed by atoms with van der Waals surface area (Å²) in [5.74, 6) is -0.912. The van der Waals surface area contributed by atoms with E-state index in [0.29, 0.717) is 5.56 Å². The minimum atomic E-state index is -3.46. The molecule has 0 aromatic heterocycles. The number of hydrogen-bond acceptors (Lipinski definition) is 3. The highest BCUT2D eigenvalue weighted by atomic mass is 32.2. The highest BCUT2D eigenvalue weighted by Crippen LogP contribution is 2.13. The van der Waals surface area contributed by atoms with E-state index in [1.807, 2.05) is 26.0 Å². The Morgan fingerprint density at radius 1 is 0.952 bits per heavy atom. The molecule has 0 spiro atoms. The lowest BCUT2D eigenvalue weighted by Gasteiger charge is -2.07. The van der Waals surface area contributed by atoms with Crippen molar-refractivity contribution >= 4 is 15.6 Å². The second-order valence-corrected chi connectivity index (χ2v) is 7.31. The van der Waals surface area contributed by atoms with Crippen LogP contribution in [0.1, 0.15) is 27.0 Å². The molecule has 0 radical (unpaired) electrons. The lowest BCUT2D eigenvalue weighted by atomic mass is 10.1. The summed E-state index contributed by atoms with van der Waals surface area (Å²) in [6.45, 7) is 3.79. The minimum absolute atomic E-state index is 0.0999. The molecule has 2 aromatic carbocycles. The first-order valence-electron chi connectivity index (χ1n) is 6.72. The van der Waals surface area contributed by atoms with Gasteiger partial charge in [0, 0.05) is 5.56 Å². The molecule has 0 aliphatic carbocycles. The van der Waals surface area contributed by atoms with Crippen LogP contribution in [0.4, 0.5) is 0 Å². The van der Waals surface area contributed by atoms with Gasteiger partial charge in [-0.1, -0.05) is 54.1 Å². The number of carbonyl (C=O) groups is 1. The van der Waals surface area contributed by atoms with Crippen LogP contribution in [0.2, 0.25) is 0 Å². The van der Waals surface area contributed by atoms with Gasteiger partial charge in [-0.15, -0.1) is 0 Å². The van der Waals surface area contributed by atoms with Crippen LogP contribution >= 0.6 is 0 Å². The van der Waals surface area contributed by atoms with Crippen molar-refractivity contribution < 1.29 is 13.2 Å². The highest BCUT2D eigenvalue weighted by molar-refractivity contribution is 7.91. The van der Waals surface area contributed by atoms with E-state index in [2.05, 4.69) is 0 Å². The topological polar surface area (TPSA) is 51.2 Å². The van der Waals surface area contributed by atoms with Gasteiger partial charge in [0.15, 0.2) is 15.6 Å². The van der Waals surface area contributed by atoms with Crippen LogP contribution in [0, 0.1) is 13.8 Å². The largest absolute Gasteiger partial charge is 0.293 e. The molecule has 0 heterocycles. The molecule has 0 saturated carbocycles. The highest BCUT2D eigenvalue weighted by Gasteiger charge is 2.19. The third-order valence-electron chi connectivity index (χ3n) is 3.36. The third kappa shape index (κ3) is 4.26. The lowest BCUT2D eigenvalue weighted by molar-refractivity contribution is 0.102. The molecule has 0 N–H and O–H groups in total. The molecule has 2 rings (SSSR count). The Labute approximate surface area is 125 Å². The molecule has 0 saturated heterocycles. The third-order valence-corrected chi connectivity index (χ3v) is 4.81. The van der Waals surface area contributed by atoms with Gasteiger partial charge >= 0.3 is 0 Å².